The van der Waals surface area contributed by atoms with E-state index in [9.17, 15) is 0 Å². The first-order valence-corrected chi connectivity index (χ1v) is 7.83. The Hall–Kier alpha value is -2.72. The third-order valence-electron chi connectivity index (χ3n) is 4.83. The molecule has 0 bridgehead atoms. The zero-order valence-electron chi connectivity index (χ0n) is 12.8. The van der Waals surface area contributed by atoms with E-state index in [1.807, 2.05) is 0 Å². The monoisotopic (exact) mass is 305 g/mol. The van der Waals surface area contributed by atoms with Gasteiger partial charge < -0.3 is 14.0 Å². The maximum Gasteiger partial charge on any atom is 0.231 e. The first-order valence-electron chi connectivity index (χ1n) is 7.83. The number of fused-ring (bicyclic) bond motifs is 4. The largest absolute Gasteiger partial charge is 0.454 e. The molecular formula is C19H17N2O2+. The predicted octanol–water partition coefficient (Wildman–Crippen LogP) is 2.46. The van der Waals surface area contributed by atoms with Crippen molar-refractivity contribution in [3.63, 3.8) is 0 Å². The van der Waals surface area contributed by atoms with Crippen LogP contribution in [0.1, 0.15) is 17.3 Å². The zero-order valence-corrected chi connectivity index (χ0v) is 12.8. The molecule has 0 radical (unpaired) electrons. The van der Waals surface area contributed by atoms with Gasteiger partial charge in [-0.05, 0) is 30.3 Å². The van der Waals surface area contributed by atoms with Gasteiger partial charge in [-0.1, -0.05) is 18.2 Å². The van der Waals surface area contributed by atoms with Gasteiger partial charge in [0, 0.05) is 17.8 Å². The normalized spacial score (nSPS) is 18.6. The first kappa shape index (κ1) is 12.8. The van der Waals surface area contributed by atoms with Crippen molar-refractivity contribution in [1.82, 2.24) is 4.57 Å². The van der Waals surface area contributed by atoms with Crippen molar-refractivity contribution in [2.45, 2.75) is 6.04 Å². The van der Waals surface area contributed by atoms with Crippen LogP contribution >= 0.6 is 0 Å². The average molecular weight is 305 g/mol. The average Bonchev–Trinajstić information content (AvgIpc) is 3.28. The fraction of sp³-hybridized carbons (Fsp3) is 0.158. The smallest absolute Gasteiger partial charge is 0.231 e. The van der Waals surface area contributed by atoms with Crippen molar-refractivity contribution in [3.05, 3.63) is 72.1 Å². The van der Waals surface area contributed by atoms with Crippen LogP contribution in [0.25, 0.3) is 5.69 Å². The van der Waals surface area contributed by atoms with Gasteiger partial charge in [0.25, 0.3) is 0 Å². The molecule has 0 fully saturated rings. The van der Waals surface area contributed by atoms with Crippen LogP contribution in [-0.4, -0.2) is 18.4 Å². The fourth-order valence-electron chi connectivity index (χ4n) is 3.72. The van der Waals surface area contributed by atoms with Crippen LogP contribution in [0.15, 0.2) is 60.8 Å². The van der Waals surface area contributed by atoms with Crippen LogP contribution in [0.4, 0.5) is 5.69 Å². The van der Waals surface area contributed by atoms with Crippen molar-refractivity contribution in [2.24, 2.45) is 0 Å². The summed E-state index contributed by atoms with van der Waals surface area (Å²) < 4.78 is 13.4. The molecule has 114 valence electrons. The van der Waals surface area contributed by atoms with E-state index in [0.717, 1.165) is 11.5 Å². The Kier molecular flexibility index (Phi) is 2.58. The van der Waals surface area contributed by atoms with Crippen molar-refractivity contribution in [3.8, 4) is 17.2 Å². The molecule has 1 aromatic heterocycles. The van der Waals surface area contributed by atoms with E-state index in [0.29, 0.717) is 6.79 Å². The maximum atomic E-state index is 5.59. The van der Waals surface area contributed by atoms with E-state index in [4.69, 9.17) is 9.47 Å². The highest BCUT2D eigenvalue weighted by Crippen LogP contribution is 2.43. The van der Waals surface area contributed by atoms with Crippen molar-refractivity contribution >= 4 is 5.69 Å². The van der Waals surface area contributed by atoms with Crippen LogP contribution in [0.2, 0.25) is 0 Å². The topological polar surface area (TPSA) is 27.8 Å². The molecule has 0 saturated heterocycles. The quantitative estimate of drug-likeness (QED) is 0.787. The molecule has 0 amide bonds. The van der Waals surface area contributed by atoms with E-state index in [1.54, 1.807) is 0 Å². The van der Waals surface area contributed by atoms with Gasteiger partial charge in [-0.3, -0.25) is 4.90 Å². The minimum atomic E-state index is 0.247. The number of hydrogen-bond donors (Lipinski definition) is 1. The number of benzene rings is 2. The van der Waals surface area contributed by atoms with Gasteiger partial charge in [0.2, 0.25) is 6.79 Å². The number of nitrogens with zero attached hydrogens (tertiary/aromatic N) is 1. The summed E-state index contributed by atoms with van der Waals surface area (Å²) in [5, 5.41) is 0. The number of nitrogens with one attached hydrogen (secondary N) is 1. The molecule has 2 aromatic carbocycles. The van der Waals surface area contributed by atoms with Crippen LogP contribution < -0.4 is 14.4 Å². The summed E-state index contributed by atoms with van der Waals surface area (Å²) in [5.41, 5.74) is 5.04. The second-order valence-electron chi connectivity index (χ2n) is 6.05. The van der Waals surface area contributed by atoms with Crippen LogP contribution in [0, 0.1) is 0 Å². The number of aromatic nitrogens is 1. The molecule has 4 heteroatoms. The minimum absolute atomic E-state index is 0.247. The number of para-hydroxylation sites is 1. The minimum Gasteiger partial charge on any atom is -0.454 e. The molecule has 2 aliphatic heterocycles. The maximum absolute atomic E-state index is 5.59. The molecule has 0 saturated carbocycles. The Morgan fingerprint density at radius 1 is 1.00 bits per heavy atom. The third kappa shape index (κ3) is 1.75. The standard InChI is InChI=1S/C19H16N2O2/c1-20(13-6-3-2-4-7-13)19-14-10-17-18(23-12-22-17)11-16(14)21-9-5-8-15(19)21/h2-11,19H,12H2,1H3/p+1. The highest BCUT2D eigenvalue weighted by Gasteiger charge is 2.37. The van der Waals surface area contributed by atoms with Crippen molar-refractivity contribution < 1.29 is 14.4 Å². The van der Waals surface area contributed by atoms with E-state index in [2.05, 4.69) is 72.4 Å². The Labute approximate surface area is 134 Å². The Morgan fingerprint density at radius 2 is 1.78 bits per heavy atom. The Bertz CT molecular complexity index is 886. The first-order chi connectivity index (χ1) is 11.3. The molecular weight excluding hydrogens is 288 g/mol. The molecule has 2 atom stereocenters. The summed E-state index contributed by atoms with van der Waals surface area (Å²) in [4.78, 5) is 1.35. The van der Waals surface area contributed by atoms with E-state index in [-0.39, 0.29) is 6.04 Å². The lowest BCUT2D eigenvalue weighted by Gasteiger charge is -2.21. The molecule has 2 aliphatic rings. The van der Waals surface area contributed by atoms with Gasteiger partial charge >= 0.3 is 0 Å². The zero-order chi connectivity index (χ0) is 15.4. The van der Waals surface area contributed by atoms with Crippen LogP contribution in [0.5, 0.6) is 11.5 Å². The molecule has 0 aliphatic carbocycles. The van der Waals surface area contributed by atoms with Crippen LogP contribution in [0.3, 0.4) is 0 Å². The highest BCUT2D eigenvalue weighted by molar-refractivity contribution is 5.61. The van der Waals surface area contributed by atoms with Gasteiger partial charge in [0.15, 0.2) is 17.5 Å². The third-order valence-corrected chi connectivity index (χ3v) is 4.83. The van der Waals surface area contributed by atoms with Gasteiger partial charge in [0.05, 0.1) is 18.4 Å². The SMILES string of the molecule is C[NH+](c1ccccc1)C1c2cc3c(cc2-n2cccc21)OCO3. The summed E-state index contributed by atoms with van der Waals surface area (Å²) in [5.74, 6) is 1.68. The summed E-state index contributed by atoms with van der Waals surface area (Å²) in [6.07, 6.45) is 2.12. The highest BCUT2D eigenvalue weighted by atomic mass is 16.7. The van der Waals surface area contributed by atoms with Crippen molar-refractivity contribution in [2.75, 3.05) is 13.8 Å². The number of rotatable bonds is 2. The second-order valence-corrected chi connectivity index (χ2v) is 6.05. The number of hydrogen-bond acceptors (Lipinski definition) is 2. The Morgan fingerprint density at radius 3 is 2.61 bits per heavy atom. The van der Waals surface area contributed by atoms with E-state index in [1.165, 1.54) is 27.5 Å². The molecule has 3 aromatic rings. The van der Waals surface area contributed by atoms with E-state index < -0.39 is 0 Å². The molecule has 2 unspecified atom stereocenters. The molecule has 4 nitrogen and oxygen atoms in total. The molecule has 0 spiro atoms. The van der Waals surface area contributed by atoms with Gasteiger partial charge in [0.1, 0.15) is 5.69 Å². The molecule has 1 N–H and O–H groups in total. The summed E-state index contributed by atoms with van der Waals surface area (Å²) in [6, 6.07) is 19.4. The Balaban J connectivity index is 1.69. The molecule has 5 rings (SSSR count). The van der Waals surface area contributed by atoms with Gasteiger partial charge in [-0.2, -0.15) is 0 Å². The number of ether oxygens (including phenoxy) is 2. The predicted molar refractivity (Wildman–Crippen MR) is 86.7 cm³/mol. The van der Waals surface area contributed by atoms with Gasteiger partial charge in [-0.15, -0.1) is 0 Å². The summed E-state index contributed by atoms with van der Waals surface area (Å²) in [6.45, 7) is 0.308. The lowest BCUT2D eigenvalue weighted by molar-refractivity contribution is -0.838. The van der Waals surface area contributed by atoms with Crippen molar-refractivity contribution in [1.29, 1.82) is 0 Å². The second kappa shape index (κ2) is 4.64. The molecule has 23 heavy (non-hydrogen) atoms. The lowest BCUT2D eigenvalue weighted by Crippen LogP contribution is -3.04. The molecule has 3 heterocycles. The summed E-state index contributed by atoms with van der Waals surface area (Å²) >= 11 is 0. The summed E-state index contributed by atoms with van der Waals surface area (Å²) in [7, 11) is 2.22. The van der Waals surface area contributed by atoms with Gasteiger partial charge in [-0.25, -0.2) is 0 Å². The lowest BCUT2D eigenvalue weighted by atomic mass is 10.0. The van der Waals surface area contributed by atoms with Crippen LogP contribution in [-0.2, 0) is 0 Å². The fourth-order valence-corrected chi connectivity index (χ4v) is 3.72. The van der Waals surface area contributed by atoms with E-state index >= 15 is 0 Å². The number of quaternary nitrogens is 1.